The van der Waals surface area contributed by atoms with Gasteiger partial charge in [-0.2, -0.15) is 0 Å². The van der Waals surface area contributed by atoms with Crippen LogP contribution in [0.15, 0.2) is 62.8 Å². The summed E-state index contributed by atoms with van der Waals surface area (Å²) in [5.74, 6) is -0.281. The summed E-state index contributed by atoms with van der Waals surface area (Å²) in [5, 5.41) is 2.64. The van der Waals surface area contributed by atoms with E-state index in [2.05, 4.69) is 21.2 Å². The van der Waals surface area contributed by atoms with Gasteiger partial charge in [0, 0.05) is 20.0 Å². The van der Waals surface area contributed by atoms with Crippen LogP contribution in [0.3, 0.4) is 0 Å². The average molecular weight is 353 g/mol. The van der Waals surface area contributed by atoms with Crippen molar-refractivity contribution < 1.29 is 9.00 Å². The monoisotopic (exact) mass is 352 g/mol. The van der Waals surface area contributed by atoms with Crippen molar-refractivity contribution in [1.82, 2.24) is 0 Å². The van der Waals surface area contributed by atoms with Gasteiger partial charge in [0.25, 0.3) is 0 Å². The van der Waals surface area contributed by atoms with Crippen LogP contribution in [0.25, 0.3) is 0 Å². The lowest BCUT2D eigenvalue weighted by atomic mass is 10.3. The van der Waals surface area contributed by atoms with Gasteiger partial charge in [-0.1, -0.05) is 22.0 Å². The Hall–Kier alpha value is -1.50. The van der Waals surface area contributed by atoms with Crippen molar-refractivity contribution in [1.29, 1.82) is 0 Å². The first-order valence-corrected chi connectivity index (χ1v) is 7.82. The molecule has 0 aliphatic rings. The van der Waals surface area contributed by atoms with Crippen molar-refractivity contribution in [3.63, 3.8) is 0 Å². The third-order valence-corrected chi connectivity index (χ3v) is 4.46. The lowest BCUT2D eigenvalue weighted by Crippen LogP contribution is -2.21. The average Bonchev–Trinajstić information content (AvgIpc) is 2.47. The molecule has 0 radical (unpaired) electrons. The highest BCUT2D eigenvalue weighted by atomic mass is 79.9. The second kappa shape index (κ2) is 6.78. The smallest absolute Gasteiger partial charge is 0.238 e. The zero-order valence-corrected chi connectivity index (χ0v) is 12.9. The van der Waals surface area contributed by atoms with Crippen molar-refractivity contribution in [2.75, 3.05) is 11.9 Å². The van der Waals surface area contributed by atoms with Crippen molar-refractivity contribution in [2.45, 2.75) is 9.79 Å². The zero-order chi connectivity index (χ0) is 14.5. The molecular formula is C14H13BrN2O2S. The van der Waals surface area contributed by atoms with E-state index in [1.54, 1.807) is 36.4 Å². The normalized spacial score (nSPS) is 11.9. The first-order chi connectivity index (χ1) is 9.60. The minimum Gasteiger partial charge on any atom is -0.325 e. The predicted octanol–water partition coefficient (Wildman–Crippen LogP) is 2.51. The molecule has 0 saturated carbocycles. The van der Waals surface area contributed by atoms with E-state index in [4.69, 9.17) is 5.73 Å². The molecule has 104 valence electrons. The summed E-state index contributed by atoms with van der Waals surface area (Å²) in [6.45, 7) is -0.0833. The van der Waals surface area contributed by atoms with E-state index in [9.17, 15) is 9.00 Å². The number of anilines is 1. The molecule has 4 nitrogen and oxygen atoms in total. The van der Waals surface area contributed by atoms with Crippen LogP contribution in [0.5, 0.6) is 0 Å². The van der Waals surface area contributed by atoms with Crippen LogP contribution < -0.4 is 11.1 Å². The van der Waals surface area contributed by atoms with Gasteiger partial charge < -0.3 is 11.1 Å². The molecule has 0 aliphatic heterocycles. The number of hydrogen-bond acceptors (Lipinski definition) is 3. The van der Waals surface area contributed by atoms with E-state index in [1.165, 1.54) is 0 Å². The molecule has 0 spiro atoms. The molecule has 2 aromatic carbocycles. The summed E-state index contributed by atoms with van der Waals surface area (Å²) in [6.07, 6.45) is 0. The largest absolute Gasteiger partial charge is 0.325 e. The zero-order valence-electron chi connectivity index (χ0n) is 10.5. The van der Waals surface area contributed by atoms with Gasteiger partial charge in [-0.05, 0) is 42.5 Å². The highest BCUT2D eigenvalue weighted by molar-refractivity contribution is 9.10. The molecule has 6 heteroatoms. The Kier molecular flexibility index (Phi) is 5.05. The summed E-state index contributed by atoms with van der Waals surface area (Å²) < 4.78 is 13.4. The van der Waals surface area contributed by atoms with E-state index in [0.29, 0.717) is 15.5 Å². The number of halogens is 1. The summed E-state index contributed by atoms with van der Waals surface area (Å²) in [6, 6.07) is 14.2. The summed E-state index contributed by atoms with van der Waals surface area (Å²) in [7, 11) is -1.29. The van der Waals surface area contributed by atoms with E-state index in [0.717, 1.165) is 4.47 Å². The van der Waals surface area contributed by atoms with Crippen LogP contribution in [-0.4, -0.2) is 16.7 Å². The fourth-order valence-electron chi connectivity index (χ4n) is 1.60. The molecule has 1 amide bonds. The van der Waals surface area contributed by atoms with Gasteiger partial charge in [-0.15, -0.1) is 0 Å². The quantitative estimate of drug-likeness (QED) is 0.887. The number of hydrogen-bond donors (Lipinski definition) is 2. The molecule has 0 saturated heterocycles. The molecule has 0 aromatic heterocycles. The summed E-state index contributed by atoms with van der Waals surface area (Å²) >= 11 is 3.34. The number of nitrogens with two attached hydrogens (primary N) is 1. The minimum atomic E-state index is -1.29. The molecule has 0 aliphatic carbocycles. The van der Waals surface area contributed by atoms with Crippen molar-refractivity contribution >= 4 is 38.3 Å². The Morgan fingerprint density at radius 1 is 1.15 bits per heavy atom. The lowest BCUT2D eigenvalue weighted by Gasteiger charge is -2.07. The topological polar surface area (TPSA) is 72.2 Å². The first-order valence-electron chi connectivity index (χ1n) is 5.87. The van der Waals surface area contributed by atoms with Gasteiger partial charge >= 0.3 is 0 Å². The number of rotatable bonds is 4. The Morgan fingerprint density at radius 3 is 2.50 bits per heavy atom. The van der Waals surface area contributed by atoms with Crippen LogP contribution >= 0.6 is 15.9 Å². The van der Waals surface area contributed by atoms with Gasteiger partial charge in [0.05, 0.1) is 17.3 Å². The maximum Gasteiger partial charge on any atom is 0.238 e. The minimum absolute atomic E-state index is 0.0833. The molecule has 20 heavy (non-hydrogen) atoms. The standard InChI is InChI=1S/C14H13BrN2O2S/c15-10-4-6-12(7-5-10)20(19)13-3-1-2-11(8-13)17-14(18)9-16/h1-8H,9,16H2,(H,17,18). The lowest BCUT2D eigenvalue weighted by molar-refractivity contribution is -0.114. The van der Waals surface area contributed by atoms with E-state index in [1.807, 2.05) is 12.1 Å². The molecule has 0 bridgehead atoms. The number of nitrogens with one attached hydrogen (secondary N) is 1. The Morgan fingerprint density at radius 2 is 1.85 bits per heavy atom. The summed E-state index contributed by atoms with van der Waals surface area (Å²) in [4.78, 5) is 12.6. The third kappa shape index (κ3) is 3.75. The molecule has 0 heterocycles. The molecule has 3 N–H and O–H groups in total. The van der Waals surface area contributed by atoms with Crippen molar-refractivity contribution in [2.24, 2.45) is 5.73 Å². The van der Waals surface area contributed by atoms with Crippen molar-refractivity contribution in [3.8, 4) is 0 Å². The van der Waals surface area contributed by atoms with E-state index < -0.39 is 10.8 Å². The van der Waals surface area contributed by atoms with Crippen LogP contribution in [0, 0.1) is 0 Å². The Bertz CT molecular complexity index is 644. The molecule has 1 unspecified atom stereocenters. The Labute approximate surface area is 128 Å². The number of benzene rings is 2. The predicted molar refractivity (Wildman–Crippen MR) is 82.9 cm³/mol. The Balaban J connectivity index is 2.24. The van der Waals surface area contributed by atoms with Gasteiger partial charge in [0.15, 0.2) is 0 Å². The fraction of sp³-hybridized carbons (Fsp3) is 0.0714. The maximum absolute atomic E-state index is 12.4. The van der Waals surface area contributed by atoms with Gasteiger partial charge in [0.2, 0.25) is 5.91 Å². The van der Waals surface area contributed by atoms with E-state index >= 15 is 0 Å². The SMILES string of the molecule is NCC(=O)Nc1cccc(S(=O)c2ccc(Br)cc2)c1. The first kappa shape index (κ1) is 14.9. The molecule has 2 rings (SSSR count). The second-order valence-corrected chi connectivity index (χ2v) is 6.40. The summed E-state index contributed by atoms with van der Waals surface area (Å²) in [5.41, 5.74) is 5.83. The van der Waals surface area contributed by atoms with Gasteiger partial charge in [-0.25, -0.2) is 4.21 Å². The maximum atomic E-state index is 12.4. The van der Waals surface area contributed by atoms with Gasteiger partial charge in [0.1, 0.15) is 0 Å². The third-order valence-electron chi connectivity index (χ3n) is 2.54. The number of amides is 1. The van der Waals surface area contributed by atoms with Crippen LogP contribution in [0.4, 0.5) is 5.69 Å². The highest BCUT2D eigenvalue weighted by Crippen LogP contribution is 2.21. The second-order valence-electron chi connectivity index (χ2n) is 4.00. The van der Waals surface area contributed by atoms with Crippen molar-refractivity contribution in [3.05, 3.63) is 53.0 Å². The highest BCUT2D eigenvalue weighted by Gasteiger charge is 2.08. The molecule has 1 atom stereocenters. The van der Waals surface area contributed by atoms with Crippen LogP contribution in [0.2, 0.25) is 0 Å². The van der Waals surface area contributed by atoms with Crippen LogP contribution in [-0.2, 0) is 15.6 Å². The number of carbonyl (C=O) groups excluding carboxylic acids is 1. The van der Waals surface area contributed by atoms with Gasteiger partial charge in [-0.3, -0.25) is 4.79 Å². The van der Waals surface area contributed by atoms with Crippen LogP contribution in [0.1, 0.15) is 0 Å². The number of carbonyl (C=O) groups is 1. The molecular weight excluding hydrogens is 340 g/mol. The fourth-order valence-corrected chi connectivity index (χ4v) is 2.95. The molecule has 0 fully saturated rings. The van der Waals surface area contributed by atoms with E-state index in [-0.39, 0.29) is 12.5 Å². The molecule has 2 aromatic rings.